The SMILES string of the molecule is CCCc1ccc(OCC(=O)N/N=C/c2ccccc2[N+](=O)[O-])c(Br)c1. The molecular weight excluding hydrogens is 402 g/mol. The normalized spacial score (nSPS) is 10.7. The fourth-order valence-corrected chi connectivity index (χ4v) is 2.76. The molecule has 1 N–H and O–H groups in total. The van der Waals surface area contributed by atoms with Gasteiger partial charge < -0.3 is 4.74 Å². The summed E-state index contributed by atoms with van der Waals surface area (Å²) in [6.07, 6.45) is 3.25. The molecule has 7 nitrogen and oxygen atoms in total. The smallest absolute Gasteiger partial charge is 0.278 e. The summed E-state index contributed by atoms with van der Waals surface area (Å²) in [6, 6.07) is 11.8. The van der Waals surface area contributed by atoms with E-state index in [0.29, 0.717) is 11.3 Å². The molecule has 0 aromatic heterocycles. The summed E-state index contributed by atoms with van der Waals surface area (Å²) in [5.74, 6) is 0.0899. The van der Waals surface area contributed by atoms with Gasteiger partial charge in [-0.05, 0) is 46.1 Å². The Labute approximate surface area is 159 Å². The molecule has 0 aliphatic heterocycles. The van der Waals surface area contributed by atoms with Crippen molar-refractivity contribution in [2.24, 2.45) is 5.10 Å². The maximum Gasteiger partial charge on any atom is 0.278 e. The minimum absolute atomic E-state index is 0.0853. The minimum Gasteiger partial charge on any atom is -0.483 e. The Kier molecular flexibility index (Phi) is 7.28. The molecule has 0 spiro atoms. The third-order valence-corrected chi connectivity index (χ3v) is 4.04. The number of rotatable bonds is 8. The quantitative estimate of drug-likeness (QED) is 0.399. The van der Waals surface area contributed by atoms with Crippen molar-refractivity contribution in [1.82, 2.24) is 5.43 Å². The number of nitrogens with one attached hydrogen (secondary N) is 1. The molecular formula is C18H18BrN3O4. The number of hydrogen-bond donors (Lipinski definition) is 1. The number of amides is 1. The van der Waals surface area contributed by atoms with Gasteiger partial charge in [-0.3, -0.25) is 14.9 Å². The molecule has 0 saturated carbocycles. The summed E-state index contributed by atoms with van der Waals surface area (Å²) < 4.78 is 6.23. The summed E-state index contributed by atoms with van der Waals surface area (Å²) in [6.45, 7) is 1.88. The molecule has 0 fully saturated rings. The van der Waals surface area contributed by atoms with E-state index in [1.807, 2.05) is 12.1 Å². The molecule has 0 bridgehead atoms. The van der Waals surface area contributed by atoms with Crippen molar-refractivity contribution in [1.29, 1.82) is 0 Å². The van der Waals surface area contributed by atoms with Gasteiger partial charge in [0.1, 0.15) is 5.75 Å². The van der Waals surface area contributed by atoms with E-state index >= 15 is 0 Å². The maximum absolute atomic E-state index is 11.8. The predicted octanol–water partition coefficient (Wildman–Crippen LogP) is 3.84. The number of nitro groups is 1. The Morgan fingerprint density at radius 3 is 2.81 bits per heavy atom. The monoisotopic (exact) mass is 419 g/mol. The molecule has 26 heavy (non-hydrogen) atoms. The summed E-state index contributed by atoms with van der Waals surface area (Å²) in [5, 5.41) is 14.6. The number of nitrogens with zero attached hydrogens (tertiary/aromatic N) is 2. The fourth-order valence-electron chi connectivity index (χ4n) is 2.22. The standard InChI is InChI=1S/C18H18BrN3O4/c1-2-5-13-8-9-17(15(19)10-13)26-12-18(23)21-20-11-14-6-3-4-7-16(14)22(24)25/h3-4,6-11H,2,5,12H2,1H3,(H,21,23)/b20-11+. The van der Waals surface area contributed by atoms with Crippen LogP contribution in [-0.2, 0) is 11.2 Å². The first-order valence-corrected chi connectivity index (χ1v) is 8.77. The highest BCUT2D eigenvalue weighted by atomic mass is 79.9. The zero-order valence-corrected chi connectivity index (χ0v) is 15.7. The molecule has 1 amide bonds. The molecule has 0 atom stereocenters. The lowest BCUT2D eigenvalue weighted by atomic mass is 10.1. The number of hydrazone groups is 1. The van der Waals surface area contributed by atoms with Gasteiger partial charge in [0, 0.05) is 6.07 Å². The number of halogens is 1. The van der Waals surface area contributed by atoms with Crippen LogP contribution in [-0.4, -0.2) is 23.7 Å². The molecule has 0 saturated heterocycles. The van der Waals surface area contributed by atoms with Crippen LogP contribution in [0, 0.1) is 10.1 Å². The third-order valence-electron chi connectivity index (χ3n) is 3.42. The van der Waals surface area contributed by atoms with Gasteiger partial charge in [-0.15, -0.1) is 0 Å². The molecule has 0 heterocycles. The Hall–Kier alpha value is -2.74. The molecule has 0 unspecified atom stereocenters. The number of carbonyl (C=O) groups excluding carboxylic acids is 1. The van der Waals surface area contributed by atoms with Gasteiger partial charge in [0.15, 0.2) is 6.61 Å². The fraction of sp³-hybridized carbons (Fsp3) is 0.222. The van der Waals surface area contributed by atoms with Gasteiger partial charge >= 0.3 is 0 Å². The summed E-state index contributed by atoms with van der Waals surface area (Å²) in [7, 11) is 0. The van der Waals surface area contributed by atoms with E-state index in [0.717, 1.165) is 17.3 Å². The molecule has 2 rings (SSSR count). The van der Waals surface area contributed by atoms with Crippen molar-refractivity contribution in [3.05, 3.63) is 68.2 Å². The van der Waals surface area contributed by atoms with Crippen LogP contribution >= 0.6 is 15.9 Å². The number of benzene rings is 2. The van der Waals surface area contributed by atoms with Crippen LogP contribution in [0.25, 0.3) is 0 Å². The van der Waals surface area contributed by atoms with Crippen LogP contribution in [0.15, 0.2) is 52.0 Å². The van der Waals surface area contributed by atoms with Crippen LogP contribution in [0.4, 0.5) is 5.69 Å². The van der Waals surface area contributed by atoms with Gasteiger partial charge in [0.05, 0.1) is 21.2 Å². The highest BCUT2D eigenvalue weighted by Crippen LogP contribution is 2.26. The van der Waals surface area contributed by atoms with Crippen molar-refractivity contribution in [3.8, 4) is 5.75 Å². The van der Waals surface area contributed by atoms with Gasteiger partial charge in [-0.1, -0.05) is 31.5 Å². The van der Waals surface area contributed by atoms with Crippen LogP contribution in [0.2, 0.25) is 0 Å². The largest absolute Gasteiger partial charge is 0.483 e. The average Bonchev–Trinajstić information content (AvgIpc) is 2.61. The van der Waals surface area contributed by atoms with Crippen molar-refractivity contribution in [2.45, 2.75) is 19.8 Å². The number of ether oxygens (including phenoxy) is 1. The Morgan fingerprint density at radius 2 is 2.12 bits per heavy atom. The predicted molar refractivity (Wildman–Crippen MR) is 102 cm³/mol. The molecule has 0 radical (unpaired) electrons. The Balaban J connectivity index is 1.89. The number of aryl methyl sites for hydroxylation is 1. The van der Waals surface area contributed by atoms with E-state index in [9.17, 15) is 14.9 Å². The van der Waals surface area contributed by atoms with E-state index in [4.69, 9.17) is 4.74 Å². The second-order valence-electron chi connectivity index (χ2n) is 5.41. The number of nitro benzene ring substituents is 1. The van der Waals surface area contributed by atoms with Crippen molar-refractivity contribution < 1.29 is 14.5 Å². The highest BCUT2D eigenvalue weighted by Gasteiger charge is 2.10. The van der Waals surface area contributed by atoms with E-state index in [1.54, 1.807) is 24.3 Å². The van der Waals surface area contributed by atoms with E-state index in [2.05, 4.69) is 33.4 Å². The van der Waals surface area contributed by atoms with E-state index in [-0.39, 0.29) is 12.3 Å². The van der Waals surface area contributed by atoms with Crippen molar-refractivity contribution in [3.63, 3.8) is 0 Å². The van der Waals surface area contributed by atoms with Crippen LogP contribution < -0.4 is 10.2 Å². The van der Waals surface area contributed by atoms with Crippen molar-refractivity contribution >= 4 is 33.7 Å². The number of hydrogen-bond acceptors (Lipinski definition) is 5. The van der Waals surface area contributed by atoms with Crippen molar-refractivity contribution in [2.75, 3.05) is 6.61 Å². The van der Waals surface area contributed by atoms with Crippen LogP contribution in [0.3, 0.4) is 0 Å². The van der Waals surface area contributed by atoms with Gasteiger partial charge in [0.25, 0.3) is 11.6 Å². The number of para-hydroxylation sites is 1. The van der Waals surface area contributed by atoms with E-state index < -0.39 is 10.8 Å². The Morgan fingerprint density at radius 1 is 1.35 bits per heavy atom. The maximum atomic E-state index is 11.8. The van der Waals surface area contributed by atoms with Crippen LogP contribution in [0.5, 0.6) is 5.75 Å². The lowest BCUT2D eigenvalue weighted by molar-refractivity contribution is -0.385. The lowest BCUT2D eigenvalue weighted by Gasteiger charge is -2.08. The Bertz CT molecular complexity index is 824. The third kappa shape index (κ3) is 5.66. The lowest BCUT2D eigenvalue weighted by Crippen LogP contribution is -2.24. The first-order valence-electron chi connectivity index (χ1n) is 7.97. The second kappa shape index (κ2) is 9.67. The zero-order chi connectivity index (χ0) is 18.9. The molecule has 2 aromatic rings. The average molecular weight is 420 g/mol. The molecule has 0 aliphatic rings. The number of carbonyl (C=O) groups is 1. The molecule has 0 aliphatic carbocycles. The summed E-state index contributed by atoms with van der Waals surface area (Å²) in [5.41, 5.74) is 3.69. The summed E-state index contributed by atoms with van der Waals surface area (Å²) >= 11 is 3.42. The first kappa shape index (κ1) is 19.6. The minimum atomic E-state index is -0.508. The topological polar surface area (TPSA) is 93.8 Å². The van der Waals surface area contributed by atoms with E-state index in [1.165, 1.54) is 17.8 Å². The molecule has 2 aromatic carbocycles. The van der Waals surface area contributed by atoms with Gasteiger partial charge in [-0.25, -0.2) is 5.43 Å². The van der Waals surface area contributed by atoms with Gasteiger partial charge in [-0.2, -0.15) is 5.10 Å². The molecule has 8 heteroatoms. The zero-order valence-electron chi connectivity index (χ0n) is 14.1. The summed E-state index contributed by atoms with van der Waals surface area (Å²) in [4.78, 5) is 22.2. The second-order valence-corrected chi connectivity index (χ2v) is 6.27. The highest BCUT2D eigenvalue weighted by molar-refractivity contribution is 9.10. The molecule has 136 valence electrons. The van der Waals surface area contributed by atoms with Crippen LogP contribution in [0.1, 0.15) is 24.5 Å². The van der Waals surface area contributed by atoms with Gasteiger partial charge in [0.2, 0.25) is 0 Å². The first-order chi connectivity index (χ1) is 12.5.